The summed E-state index contributed by atoms with van der Waals surface area (Å²) in [4.78, 5) is 0. The van der Waals surface area contributed by atoms with Crippen molar-refractivity contribution in [3.63, 3.8) is 0 Å². The van der Waals surface area contributed by atoms with Gasteiger partial charge in [0.25, 0.3) is 10.1 Å². The summed E-state index contributed by atoms with van der Waals surface area (Å²) < 4.78 is 59.8. The second kappa shape index (κ2) is 5.43. The average molecular weight is 302 g/mol. The molecule has 0 spiro atoms. The summed E-state index contributed by atoms with van der Waals surface area (Å²) in [7, 11) is -4.80. The standard InChI is InChI=1S/C13H12F2O4S/c14-13(15,9-20(16,17)18)19-8-10-5-6-11-3-1-2-4-12(11)7-10/h1-7H,8-9H2,(H,16,17,18). The Morgan fingerprint density at radius 2 is 1.75 bits per heavy atom. The molecule has 0 amide bonds. The van der Waals surface area contributed by atoms with Gasteiger partial charge in [-0.1, -0.05) is 36.4 Å². The third-order valence-corrected chi connectivity index (χ3v) is 3.32. The minimum Gasteiger partial charge on any atom is -0.315 e. The van der Waals surface area contributed by atoms with Gasteiger partial charge in [0.05, 0.1) is 6.61 Å². The normalized spacial score (nSPS) is 12.8. The molecule has 108 valence electrons. The van der Waals surface area contributed by atoms with Crippen molar-refractivity contribution >= 4 is 20.9 Å². The van der Waals surface area contributed by atoms with E-state index in [1.165, 1.54) is 0 Å². The largest absolute Gasteiger partial charge is 0.372 e. The van der Waals surface area contributed by atoms with Gasteiger partial charge in [-0.25, -0.2) is 0 Å². The van der Waals surface area contributed by atoms with Gasteiger partial charge in [-0.05, 0) is 22.4 Å². The molecule has 0 aliphatic rings. The summed E-state index contributed by atoms with van der Waals surface area (Å²) in [6.07, 6.45) is -3.93. The van der Waals surface area contributed by atoms with Crippen molar-refractivity contribution in [2.45, 2.75) is 12.7 Å². The number of halogens is 2. The zero-order valence-corrected chi connectivity index (χ0v) is 11.1. The molecule has 0 fully saturated rings. The van der Waals surface area contributed by atoms with Crippen LogP contribution in [0.2, 0.25) is 0 Å². The van der Waals surface area contributed by atoms with Crippen LogP contribution < -0.4 is 0 Å². The van der Waals surface area contributed by atoms with Crippen molar-refractivity contribution in [2.75, 3.05) is 5.75 Å². The second-order valence-corrected chi connectivity index (χ2v) is 5.79. The fourth-order valence-electron chi connectivity index (χ4n) is 1.77. The zero-order valence-electron chi connectivity index (χ0n) is 10.3. The molecule has 0 saturated carbocycles. The van der Waals surface area contributed by atoms with Gasteiger partial charge in [0.15, 0.2) is 5.75 Å². The van der Waals surface area contributed by atoms with Crippen LogP contribution >= 0.6 is 0 Å². The summed E-state index contributed by atoms with van der Waals surface area (Å²) in [6, 6.07) is 12.4. The predicted molar refractivity (Wildman–Crippen MR) is 70.1 cm³/mol. The van der Waals surface area contributed by atoms with Gasteiger partial charge in [-0.2, -0.15) is 17.2 Å². The molecule has 4 nitrogen and oxygen atoms in total. The van der Waals surface area contributed by atoms with E-state index in [0.29, 0.717) is 5.56 Å². The molecule has 0 saturated heterocycles. The van der Waals surface area contributed by atoms with E-state index < -0.39 is 28.6 Å². The van der Waals surface area contributed by atoms with Crippen LogP contribution in [0, 0.1) is 0 Å². The summed E-state index contributed by atoms with van der Waals surface area (Å²) >= 11 is 0. The molecule has 0 aliphatic heterocycles. The quantitative estimate of drug-likeness (QED) is 0.863. The SMILES string of the molecule is O=S(=O)(O)CC(F)(F)OCc1ccc2ccccc2c1. The van der Waals surface area contributed by atoms with Crippen molar-refractivity contribution in [3.05, 3.63) is 48.0 Å². The number of hydrogen-bond donors (Lipinski definition) is 1. The molecule has 0 radical (unpaired) electrons. The van der Waals surface area contributed by atoms with Gasteiger partial charge < -0.3 is 4.74 Å². The van der Waals surface area contributed by atoms with Crippen LogP contribution in [0.25, 0.3) is 10.8 Å². The molecule has 2 aromatic rings. The topological polar surface area (TPSA) is 63.6 Å². The molecule has 1 N–H and O–H groups in total. The Morgan fingerprint density at radius 3 is 2.40 bits per heavy atom. The van der Waals surface area contributed by atoms with Crippen LogP contribution in [0.5, 0.6) is 0 Å². The minimum atomic E-state index is -4.80. The first-order valence-corrected chi connectivity index (χ1v) is 7.31. The second-order valence-electron chi connectivity index (χ2n) is 4.33. The van der Waals surface area contributed by atoms with E-state index >= 15 is 0 Å². The lowest BCUT2D eigenvalue weighted by Crippen LogP contribution is -2.30. The highest BCUT2D eigenvalue weighted by Crippen LogP contribution is 2.22. The van der Waals surface area contributed by atoms with Crippen molar-refractivity contribution in [2.24, 2.45) is 0 Å². The Kier molecular flexibility index (Phi) is 4.03. The number of rotatable bonds is 5. The average Bonchev–Trinajstić information content (AvgIpc) is 2.33. The molecule has 0 bridgehead atoms. The lowest BCUT2D eigenvalue weighted by molar-refractivity contribution is -0.228. The van der Waals surface area contributed by atoms with Gasteiger partial charge in [0, 0.05) is 0 Å². The highest BCUT2D eigenvalue weighted by atomic mass is 32.2. The number of benzene rings is 2. The number of alkyl halides is 2. The van der Waals surface area contributed by atoms with Crippen LogP contribution in [0.3, 0.4) is 0 Å². The Labute approximate surface area is 114 Å². The maximum atomic E-state index is 13.2. The first kappa shape index (κ1) is 14.8. The summed E-state index contributed by atoms with van der Waals surface area (Å²) in [6.45, 7) is -0.451. The molecule has 0 heterocycles. The molecular weight excluding hydrogens is 290 g/mol. The Morgan fingerprint density at radius 1 is 1.10 bits per heavy atom. The van der Waals surface area contributed by atoms with Gasteiger partial charge >= 0.3 is 6.11 Å². The van der Waals surface area contributed by atoms with E-state index in [-0.39, 0.29) is 0 Å². The minimum absolute atomic E-state index is 0.451. The van der Waals surface area contributed by atoms with Gasteiger partial charge in [-0.3, -0.25) is 4.55 Å². The van der Waals surface area contributed by atoms with E-state index in [1.54, 1.807) is 18.2 Å². The lowest BCUT2D eigenvalue weighted by atomic mass is 10.1. The van der Waals surface area contributed by atoms with Crippen molar-refractivity contribution in [3.8, 4) is 0 Å². The fourth-order valence-corrected chi connectivity index (χ4v) is 2.28. The maximum Gasteiger partial charge on any atom is 0.372 e. The zero-order chi connectivity index (χ0) is 14.8. The van der Waals surface area contributed by atoms with Crippen LogP contribution in [-0.4, -0.2) is 24.8 Å². The van der Waals surface area contributed by atoms with Gasteiger partial charge in [-0.15, -0.1) is 0 Å². The summed E-state index contributed by atoms with van der Waals surface area (Å²) in [5.41, 5.74) is 0.485. The Hall–Kier alpha value is -1.57. The summed E-state index contributed by atoms with van der Waals surface area (Å²) in [5, 5.41) is 1.83. The molecule has 0 aromatic heterocycles. The van der Waals surface area contributed by atoms with Crippen LogP contribution in [0.1, 0.15) is 5.56 Å². The molecule has 7 heteroatoms. The van der Waals surface area contributed by atoms with E-state index in [0.717, 1.165) is 10.8 Å². The van der Waals surface area contributed by atoms with E-state index in [9.17, 15) is 17.2 Å². The van der Waals surface area contributed by atoms with E-state index in [2.05, 4.69) is 4.74 Å². The molecular formula is C13H12F2O4S. The number of hydrogen-bond acceptors (Lipinski definition) is 3. The Balaban J connectivity index is 2.09. The molecule has 2 rings (SSSR count). The number of ether oxygens (including phenoxy) is 1. The van der Waals surface area contributed by atoms with E-state index in [4.69, 9.17) is 4.55 Å². The number of fused-ring (bicyclic) bond motifs is 1. The smallest absolute Gasteiger partial charge is 0.315 e. The monoisotopic (exact) mass is 302 g/mol. The summed E-state index contributed by atoms with van der Waals surface area (Å²) in [5.74, 6) is -1.76. The first-order chi connectivity index (χ1) is 9.25. The van der Waals surface area contributed by atoms with Crippen LogP contribution in [0.4, 0.5) is 8.78 Å². The van der Waals surface area contributed by atoms with Crippen molar-refractivity contribution in [1.82, 2.24) is 0 Å². The van der Waals surface area contributed by atoms with Gasteiger partial charge in [0.1, 0.15) is 0 Å². The highest BCUT2D eigenvalue weighted by Gasteiger charge is 2.36. The third-order valence-electron chi connectivity index (χ3n) is 2.61. The predicted octanol–water partition coefficient (Wildman–Crippen LogP) is 2.84. The molecule has 0 atom stereocenters. The lowest BCUT2D eigenvalue weighted by Gasteiger charge is -2.15. The molecule has 0 unspecified atom stereocenters. The highest BCUT2D eigenvalue weighted by molar-refractivity contribution is 7.85. The molecule has 2 aromatic carbocycles. The van der Waals surface area contributed by atoms with E-state index in [1.807, 2.05) is 24.3 Å². The first-order valence-electron chi connectivity index (χ1n) is 5.70. The molecule has 0 aliphatic carbocycles. The van der Waals surface area contributed by atoms with Crippen molar-refractivity contribution < 1.29 is 26.5 Å². The fraction of sp³-hybridized carbons (Fsp3) is 0.231. The van der Waals surface area contributed by atoms with Crippen molar-refractivity contribution in [1.29, 1.82) is 0 Å². The van der Waals surface area contributed by atoms with Crippen LogP contribution in [0.15, 0.2) is 42.5 Å². The van der Waals surface area contributed by atoms with Crippen LogP contribution in [-0.2, 0) is 21.5 Å². The maximum absolute atomic E-state index is 13.2. The third kappa shape index (κ3) is 4.22. The molecule has 20 heavy (non-hydrogen) atoms. The Bertz CT molecular complexity index is 713. The van der Waals surface area contributed by atoms with Gasteiger partial charge in [0.2, 0.25) is 0 Å².